The van der Waals surface area contributed by atoms with Gasteiger partial charge < -0.3 is 15.5 Å². The highest BCUT2D eigenvalue weighted by Gasteiger charge is 2.58. The highest BCUT2D eigenvalue weighted by atomic mass is 35.5. The molecular weight excluding hydrogens is 459 g/mol. The van der Waals surface area contributed by atoms with Crippen LogP contribution in [0.4, 0.5) is 10.1 Å². The van der Waals surface area contributed by atoms with Crippen LogP contribution in [0.25, 0.3) is 0 Å². The summed E-state index contributed by atoms with van der Waals surface area (Å²) in [7, 11) is -1.97. The molecule has 3 N–H and O–H groups in total. The zero-order valence-corrected chi connectivity index (χ0v) is 19.0. The molecule has 12 heteroatoms. The number of nitrogens with one attached hydrogen (secondary N) is 3. The number of hydrogen-bond acceptors (Lipinski definition) is 7. The zero-order chi connectivity index (χ0) is 23.3. The molecule has 32 heavy (non-hydrogen) atoms. The Bertz CT molecular complexity index is 1210. The van der Waals surface area contributed by atoms with Crippen LogP contribution in [0.3, 0.4) is 0 Å². The molecule has 0 aliphatic carbocycles. The molecule has 1 spiro atoms. The molecule has 3 heterocycles. The number of sulfone groups is 1. The zero-order valence-electron chi connectivity index (χ0n) is 17.4. The third-order valence-corrected chi connectivity index (χ3v) is 8.91. The predicted molar refractivity (Wildman–Crippen MR) is 118 cm³/mol. The van der Waals surface area contributed by atoms with E-state index < -0.39 is 31.8 Å². The standard InChI is InChI=1S/C20H22ClFN6O3S/c1-19(11-32(30,31)20(18(23)27-19)5-6-28(2)10-20)13-7-12(3-4-14(13)22)26-17(29)15-8-25-16(21)9-24-15/h3-4,7-9H,5-6,10-11H2,1-2H3,(H2,23,27)(H,26,29)/t19-,20?/m0/s1. The van der Waals surface area contributed by atoms with E-state index in [1.54, 1.807) is 6.92 Å². The van der Waals surface area contributed by atoms with Crippen molar-refractivity contribution in [2.75, 3.05) is 31.2 Å². The molecule has 1 unspecified atom stereocenters. The maximum atomic E-state index is 14.9. The van der Waals surface area contributed by atoms with Crippen LogP contribution in [0, 0.1) is 11.2 Å². The molecule has 2 aliphatic heterocycles. The van der Waals surface area contributed by atoms with E-state index in [0.717, 1.165) is 6.07 Å². The minimum absolute atomic E-state index is 0.0129. The third kappa shape index (κ3) is 3.74. The molecule has 2 aliphatic rings. The number of amides is 1. The van der Waals surface area contributed by atoms with Crippen molar-refractivity contribution < 1.29 is 17.6 Å². The third-order valence-electron chi connectivity index (χ3n) is 6.02. The van der Waals surface area contributed by atoms with Crippen LogP contribution < -0.4 is 10.6 Å². The van der Waals surface area contributed by atoms with Crippen LogP contribution in [0.5, 0.6) is 0 Å². The maximum Gasteiger partial charge on any atom is 0.275 e. The average Bonchev–Trinajstić information content (AvgIpc) is 3.12. The summed E-state index contributed by atoms with van der Waals surface area (Å²) in [5.41, 5.74) is -1.09. The lowest BCUT2D eigenvalue weighted by atomic mass is 9.90. The molecule has 1 amide bonds. The molecule has 0 saturated carbocycles. The number of anilines is 1. The Labute approximate surface area is 189 Å². The first kappa shape index (κ1) is 22.6. The smallest absolute Gasteiger partial charge is 0.275 e. The number of amidine groups is 1. The Hall–Kier alpha value is -2.63. The molecule has 0 radical (unpaired) electrons. The van der Waals surface area contributed by atoms with Crippen LogP contribution in [0.1, 0.15) is 29.4 Å². The topological polar surface area (TPSA) is 128 Å². The second kappa shape index (κ2) is 7.75. The van der Waals surface area contributed by atoms with Gasteiger partial charge in [0.05, 0.1) is 23.7 Å². The van der Waals surface area contributed by atoms with Gasteiger partial charge in [0.1, 0.15) is 27.2 Å². The van der Waals surface area contributed by atoms with Gasteiger partial charge in [-0.2, -0.15) is 0 Å². The van der Waals surface area contributed by atoms with Gasteiger partial charge >= 0.3 is 0 Å². The van der Waals surface area contributed by atoms with E-state index in [4.69, 9.17) is 17.0 Å². The Morgan fingerprint density at radius 2 is 2.09 bits per heavy atom. The van der Waals surface area contributed by atoms with Crippen molar-refractivity contribution in [1.29, 1.82) is 5.41 Å². The summed E-state index contributed by atoms with van der Waals surface area (Å²) in [5, 5.41) is 14.2. The summed E-state index contributed by atoms with van der Waals surface area (Å²) in [6.07, 6.45) is 2.75. The Balaban J connectivity index is 1.64. The summed E-state index contributed by atoms with van der Waals surface area (Å²) in [5.74, 6) is -1.75. The number of benzene rings is 1. The van der Waals surface area contributed by atoms with E-state index in [0.29, 0.717) is 13.0 Å². The molecule has 2 atom stereocenters. The summed E-state index contributed by atoms with van der Waals surface area (Å²) >= 11 is 5.68. The highest BCUT2D eigenvalue weighted by molar-refractivity contribution is 7.93. The lowest BCUT2D eigenvalue weighted by Gasteiger charge is -2.44. The van der Waals surface area contributed by atoms with Crippen molar-refractivity contribution in [1.82, 2.24) is 20.2 Å². The lowest BCUT2D eigenvalue weighted by Crippen LogP contribution is -2.67. The molecule has 2 fully saturated rings. The van der Waals surface area contributed by atoms with E-state index in [1.807, 2.05) is 11.9 Å². The molecule has 0 bridgehead atoms. The number of carbonyl (C=O) groups excluding carboxylic acids is 1. The van der Waals surface area contributed by atoms with Crippen LogP contribution in [-0.2, 0) is 15.4 Å². The first-order chi connectivity index (χ1) is 15.0. The average molecular weight is 481 g/mol. The van der Waals surface area contributed by atoms with Gasteiger partial charge in [0.25, 0.3) is 5.91 Å². The van der Waals surface area contributed by atoms with Gasteiger partial charge in [-0.15, -0.1) is 0 Å². The highest BCUT2D eigenvalue weighted by Crippen LogP contribution is 2.40. The van der Waals surface area contributed by atoms with Gasteiger partial charge in [0.2, 0.25) is 0 Å². The van der Waals surface area contributed by atoms with Crippen molar-refractivity contribution in [3.8, 4) is 0 Å². The van der Waals surface area contributed by atoms with Crippen LogP contribution in [0.15, 0.2) is 30.6 Å². The van der Waals surface area contributed by atoms with Gasteiger partial charge in [-0.1, -0.05) is 11.6 Å². The Morgan fingerprint density at radius 3 is 2.69 bits per heavy atom. The molecule has 1 aromatic heterocycles. The fraction of sp³-hybridized carbons (Fsp3) is 0.400. The second-order valence-electron chi connectivity index (χ2n) is 8.45. The number of nitrogens with zero attached hydrogens (tertiary/aromatic N) is 3. The van der Waals surface area contributed by atoms with Crippen molar-refractivity contribution >= 4 is 38.9 Å². The van der Waals surface area contributed by atoms with E-state index in [2.05, 4.69) is 20.6 Å². The van der Waals surface area contributed by atoms with Gasteiger partial charge in [-0.3, -0.25) is 10.2 Å². The second-order valence-corrected chi connectivity index (χ2v) is 11.1. The minimum atomic E-state index is -3.77. The van der Waals surface area contributed by atoms with E-state index in [1.165, 1.54) is 24.5 Å². The molecule has 4 rings (SSSR count). The van der Waals surface area contributed by atoms with E-state index >= 15 is 0 Å². The minimum Gasteiger partial charge on any atom is -0.362 e. The molecule has 2 saturated heterocycles. The van der Waals surface area contributed by atoms with Crippen molar-refractivity contribution in [2.24, 2.45) is 0 Å². The first-order valence-electron chi connectivity index (χ1n) is 9.83. The van der Waals surface area contributed by atoms with Crippen molar-refractivity contribution in [3.05, 3.63) is 52.8 Å². The summed E-state index contributed by atoms with van der Waals surface area (Å²) in [6.45, 7) is 2.32. The number of halogens is 2. The molecule has 9 nitrogen and oxygen atoms in total. The largest absolute Gasteiger partial charge is 0.362 e. The van der Waals surface area contributed by atoms with E-state index in [9.17, 15) is 17.6 Å². The number of rotatable bonds is 3. The Morgan fingerprint density at radius 1 is 1.34 bits per heavy atom. The number of hydrogen-bond donors (Lipinski definition) is 3. The summed E-state index contributed by atoms with van der Waals surface area (Å²) < 4.78 is 40.2. The van der Waals surface area contributed by atoms with Gasteiger partial charge in [-0.25, -0.2) is 22.8 Å². The first-order valence-corrected chi connectivity index (χ1v) is 11.9. The van der Waals surface area contributed by atoms with Gasteiger partial charge in [0, 0.05) is 17.8 Å². The molecule has 1 aromatic carbocycles. The number of carbonyl (C=O) groups is 1. The monoisotopic (exact) mass is 480 g/mol. The fourth-order valence-electron chi connectivity index (χ4n) is 4.32. The quantitative estimate of drug-likeness (QED) is 0.611. The maximum absolute atomic E-state index is 14.9. The van der Waals surface area contributed by atoms with E-state index in [-0.39, 0.29) is 40.2 Å². The van der Waals surface area contributed by atoms with Gasteiger partial charge in [-0.05, 0) is 45.1 Å². The van der Waals surface area contributed by atoms with Crippen molar-refractivity contribution in [2.45, 2.75) is 23.6 Å². The molecule has 2 aromatic rings. The summed E-state index contributed by atoms with van der Waals surface area (Å²) in [6, 6.07) is 3.88. The van der Waals surface area contributed by atoms with Crippen LogP contribution in [0.2, 0.25) is 5.15 Å². The SMILES string of the molecule is CN1CCC2(C1)C(=N)N[C@](C)(c1cc(NC(=O)c3cnc(Cl)cn3)ccc1F)CS2(=O)=O. The van der Waals surface area contributed by atoms with Crippen LogP contribution >= 0.6 is 11.6 Å². The van der Waals surface area contributed by atoms with Crippen molar-refractivity contribution in [3.63, 3.8) is 0 Å². The lowest BCUT2D eigenvalue weighted by molar-refractivity contribution is 0.102. The Kier molecular flexibility index (Phi) is 5.46. The number of aromatic nitrogens is 2. The fourth-order valence-corrected chi connectivity index (χ4v) is 6.86. The van der Waals surface area contributed by atoms with Crippen LogP contribution in [-0.4, -0.2) is 65.7 Å². The number of likely N-dealkylation sites (tertiary alicyclic amines) is 1. The molecule has 170 valence electrons. The van der Waals surface area contributed by atoms with Gasteiger partial charge in [0.15, 0.2) is 9.84 Å². The normalized spacial score (nSPS) is 27.3. The molecular formula is C20H22ClFN6O3S. The summed E-state index contributed by atoms with van der Waals surface area (Å²) in [4.78, 5) is 22.0. The predicted octanol–water partition coefficient (Wildman–Crippen LogP) is 1.81.